The highest BCUT2D eigenvalue weighted by Gasteiger charge is 2.05. The van der Waals surface area contributed by atoms with Crippen LogP contribution < -0.4 is 0 Å². The van der Waals surface area contributed by atoms with Gasteiger partial charge in [-0.1, -0.05) is 19.9 Å². The number of aromatic nitrogens is 2. The Balaban J connectivity index is 1.97. The van der Waals surface area contributed by atoms with Crippen molar-refractivity contribution in [1.29, 1.82) is 0 Å². The standard InChI is InChI=1S/C17H18N2/c1-13(2)15-3-4-17-16(11-15)7-10-19(17)12-14-5-8-18-9-6-14/h3-11,13H,12H2,1-2H3. The van der Waals surface area contributed by atoms with Crippen LogP contribution in [-0.2, 0) is 6.54 Å². The van der Waals surface area contributed by atoms with Crippen LogP contribution >= 0.6 is 0 Å². The van der Waals surface area contributed by atoms with Crippen molar-refractivity contribution in [2.75, 3.05) is 0 Å². The molecule has 0 bridgehead atoms. The molecule has 2 heterocycles. The molecule has 0 aliphatic carbocycles. The van der Waals surface area contributed by atoms with Crippen molar-refractivity contribution in [2.24, 2.45) is 0 Å². The molecule has 2 heteroatoms. The van der Waals surface area contributed by atoms with Gasteiger partial charge in [-0.25, -0.2) is 0 Å². The Morgan fingerprint density at radius 2 is 1.84 bits per heavy atom. The first kappa shape index (κ1) is 12.0. The van der Waals surface area contributed by atoms with Crippen LogP contribution in [0.3, 0.4) is 0 Å². The molecule has 0 saturated heterocycles. The van der Waals surface area contributed by atoms with E-state index in [-0.39, 0.29) is 0 Å². The van der Waals surface area contributed by atoms with Gasteiger partial charge in [-0.15, -0.1) is 0 Å². The quantitative estimate of drug-likeness (QED) is 0.681. The van der Waals surface area contributed by atoms with Gasteiger partial charge in [0.1, 0.15) is 0 Å². The lowest BCUT2D eigenvalue weighted by Gasteiger charge is -2.08. The number of hydrogen-bond donors (Lipinski definition) is 0. The van der Waals surface area contributed by atoms with E-state index in [1.54, 1.807) is 0 Å². The Kier molecular flexibility index (Phi) is 3.08. The summed E-state index contributed by atoms with van der Waals surface area (Å²) < 4.78 is 2.29. The minimum Gasteiger partial charge on any atom is -0.343 e. The normalized spacial score (nSPS) is 11.3. The van der Waals surface area contributed by atoms with E-state index in [2.05, 4.69) is 66.0 Å². The third-order valence-electron chi connectivity index (χ3n) is 3.56. The Bertz CT molecular complexity index is 681. The van der Waals surface area contributed by atoms with Crippen LogP contribution in [0.15, 0.2) is 55.0 Å². The van der Waals surface area contributed by atoms with Gasteiger partial charge in [-0.2, -0.15) is 0 Å². The summed E-state index contributed by atoms with van der Waals surface area (Å²) in [6.07, 6.45) is 5.85. The van der Waals surface area contributed by atoms with Crippen LogP contribution in [0.25, 0.3) is 10.9 Å². The number of rotatable bonds is 3. The third kappa shape index (κ3) is 2.39. The second-order valence-electron chi connectivity index (χ2n) is 5.27. The van der Waals surface area contributed by atoms with E-state index in [0.717, 1.165) is 6.54 Å². The van der Waals surface area contributed by atoms with Gasteiger partial charge in [0.15, 0.2) is 0 Å². The Hall–Kier alpha value is -2.09. The van der Waals surface area contributed by atoms with Gasteiger partial charge in [-0.05, 0) is 52.8 Å². The van der Waals surface area contributed by atoms with E-state index >= 15 is 0 Å². The maximum absolute atomic E-state index is 4.06. The molecule has 0 fully saturated rings. The lowest BCUT2D eigenvalue weighted by Crippen LogP contribution is -1.98. The molecule has 0 aliphatic rings. The number of pyridine rings is 1. The average Bonchev–Trinajstić information content (AvgIpc) is 2.82. The predicted molar refractivity (Wildman–Crippen MR) is 79.4 cm³/mol. The first-order valence-electron chi connectivity index (χ1n) is 6.72. The Morgan fingerprint density at radius 3 is 2.58 bits per heavy atom. The maximum atomic E-state index is 4.06. The lowest BCUT2D eigenvalue weighted by atomic mass is 10.0. The molecule has 19 heavy (non-hydrogen) atoms. The zero-order valence-electron chi connectivity index (χ0n) is 11.4. The number of benzene rings is 1. The second kappa shape index (κ2) is 4.88. The fourth-order valence-corrected chi connectivity index (χ4v) is 2.40. The number of nitrogens with zero attached hydrogens (tertiary/aromatic N) is 2. The van der Waals surface area contributed by atoms with Gasteiger partial charge in [0, 0.05) is 30.7 Å². The highest BCUT2D eigenvalue weighted by molar-refractivity contribution is 5.81. The SMILES string of the molecule is CC(C)c1ccc2c(ccn2Cc2ccncc2)c1. The zero-order valence-corrected chi connectivity index (χ0v) is 11.4. The lowest BCUT2D eigenvalue weighted by molar-refractivity contribution is 0.833. The summed E-state index contributed by atoms with van der Waals surface area (Å²) in [5, 5.41) is 1.32. The minimum atomic E-state index is 0.577. The van der Waals surface area contributed by atoms with Gasteiger partial charge in [0.25, 0.3) is 0 Å². The van der Waals surface area contributed by atoms with E-state index < -0.39 is 0 Å². The Morgan fingerprint density at radius 1 is 1.05 bits per heavy atom. The maximum Gasteiger partial charge on any atom is 0.0483 e. The predicted octanol–water partition coefficient (Wildman–Crippen LogP) is 4.21. The first-order chi connectivity index (χ1) is 9.24. The summed E-state index contributed by atoms with van der Waals surface area (Å²) in [5.74, 6) is 0.577. The van der Waals surface area contributed by atoms with Crippen molar-refractivity contribution in [2.45, 2.75) is 26.3 Å². The largest absolute Gasteiger partial charge is 0.343 e. The van der Waals surface area contributed by atoms with Crippen LogP contribution in [0.1, 0.15) is 30.9 Å². The molecule has 0 unspecified atom stereocenters. The molecule has 0 spiro atoms. The molecule has 96 valence electrons. The fourth-order valence-electron chi connectivity index (χ4n) is 2.40. The summed E-state index contributed by atoms with van der Waals surface area (Å²) in [6, 6.07) is 13.1. The molecule has 0 N–H and O–H groups in total. The van der Waals surface area contributed by atoms with E-state index in [1.807, 2.05) is 12.4 Å². The van der Waals surface area contributed by atoms with Crippen molar-refractivity contribution in [3.8, 4) is 0 Å². The molecule has 2 nitrogen and oxygen atoms in total. The summed E-state index contributed by atoms with van der Waals surface area (Å²) >= 11 is 0. The molecule has 3 aromatic rings. The topological polar surface area (TPSA) is 17.8 Å². The molecular formula is C17H18N2. The summed E-state index contributed by atoms with van der Waals surface area (Å²) in [7, 11) is 0. The van der Waals surface area contributed by atoms with E-state index in [1.165, 1.54) is 22.0 Å². The van der Waals surface area contributed by atoms with Gasteiger partial charge >= 0.3 is 0 Å². The number of fused-ring (bicyclic) bond motifs is 1. The number of hydrogen-bond acceptors (Lipinski definition) is 1. The highest BCUT2D eigenvalue weighted by atomic mass is 14.9. The van der Waals surface area contributed by atoms with Gasteiger partial charge in [0.05, 0.1) is 0 Å². The van der Waals surface area contributed by atoms with Crippen molar-refractivity contribution in [3.63, 3.8) is 0 Å². The first-order valence-corrected chi connectivity index (χ1v) is 6.72. The van der Waals surface area contributed by atoms with Crippen LogP contribution in [0.4, 0.5) is 0 Å². The van der Waals surface area contributed by atoms with Crippen LogP contribution in [0.2, 0.25) is 0 Å². The summed E-state index contributed by atoms with van der Waals surface area (Å²) in [6.45, 7) is 5.36. The smallest absolute Gasteiger partial charge is 0.0483 e. The molecule has 0 aliphatic heterocycles. The Labute approximate surface area is 113 Å². The van der Waals surface area contributed by atoms with Crippen molar-refractivity contribution >= 4 is 10.9 Å². The fraction of sp³-hybridized carbons (Fsp3) is 0.235. The van der Waals surface area contributed by atoms with E-state index in [0.29, 0.717) is 5.92 Å². The summed E-state index contributed by atoms with van der Waals surface area (Å²) in [4.78, 5) is 4.06. The highest BCUT2D eigenvalue weighted by Crippen LogP contribution is 2.23. The second-order valence-corrected chi connectivity index (χ2v) is 5.27. The molecule has 0 saturated carbocycles. The minimum absolute atomic E-state index is 0.577. The van der Waals surface area contributed by atoms with Crippen molar-refractivity contribution in [3.05, 3.63) is 66.1 Å². The van der Waals surface area contributed by atoms with Gasteiger partial charge < -0.3 is 4.57 Å². The monoisotopic (exact) mass is 250 g/mol. The molecule has 0 atom stereocenters. The molecule has 1 aromatic carbocycles. The van der Waals surface area contributed by atoms with E-state index in [4.69, 9.17) is 0 Å². The third-order valence-corrected chi connectivity index (χ3v) is 3.56. The summed E-state index contributed by atoms with van der Waals surface area (Å²) in [5.41, 5.74) is 3.97. The molecule has 0 radical (unpaired) electrons. The van der Waals surface area contributed by atoms with Crippen LogP contribution in [0.5, 0.6) is 0 Å². The van der Waals surface area contributed by atoms with E-state index in [9.17, 15) is 0 Å². The van der Waals surface area contributed by atoms with Crippen molar-refractivity contribution < 1.29 is 0 Å². The zero-order chi connectivity index (χ0) is 13.2. The molecular weight excluding hydrogens is 232 g/mol. The van der Waals surface area contributed by atoms with Gasteiger partial charge in [-0.3, -0.25) is 4.98 Å². The van der Waals surface area contributed by atoms with Gasteiger partial charge in [0.2, 0.25) is 0 Å². The molecule has 3 rings (SSSR count). The van der Waals surface area contributed by atoms with Crippen LogP contribution in [0, 0.1) is 0 Å². The molecule has 0 amide bonds. The average molecular weight is 250 g/mol. The van der Waals surface area contributed by atoms with Crippen LogP contribution in [-0.4, -0.2) is 9.55 Å². The van der Waals surface area contributed by atoms with Crippen molar-refractivity contribution in [1.82, 2.24) is 9.55 Å². The molecule has 2 aromatic heterocycles.